The van der Waals surface area contributed by atoms with E-state index in [4.69, 9.17) is 4.99 Å². The Balaban J connectivity index is 2.50. The normalized spacial score (nSPS) is 22.2. The second kappa shape index (κ2) is 10.1. The van der Waals surface area contributed by atoms with Crippen LogP contribution in [0.2, 0.25) is 0 Å². The van der Waals surface area contributed by atoms with E-state index in [2.05, 4.69) is 57.1 Å². The van der Waals surface area contributed by atoms with Crippen LogP contribution in [0, 0.1) is 17.8 Å². The van der Waals surface area contributed by atoms with Crippen molar-refractivity contribution in [1.82, 2.24) is 15.5 Å². The van der Waals surface area contributed by atoms with Gasteiger partial charge in [-0.15, -0.1) is 0 Å². The van der Waals surface area contributed by atoms with Crippen LogP contribution >= 0.6 is 0 Å². The smallest absolute Gasteiger partial charge is 0.191 e. The number of rotatable bonds is 7. The van der Waals surface area contributed by atoms with Gasteiger partial charge in [-0.05, 0) is 51.0 Å². The van der Waals surface area contributed by atoms with Gasteiger partial charge in [0.25, 0.3) is 0 Å². The van der Waals surface area contributed by atoms with Crippen molar-refractivity contribution in [1.29, 1.82) is 0 Å². The molecular formula is C18H38N4. The van der Waals surface area contributed by atoms with E-state index in [0.717, 1.165) is 25.0 Å². The molecule has 1 saturated heterocycles. The summed E-state index contributed by atoms with van der Waals surface area (Å²) in [5, 5.41) is 6.90. The topological polar surface area (TPSA) is 39.7 Å². The number of aliphatic imine (C=N–C) groups is 1. The molecule has 1 fully saturated rings. The van der Waals surface area contributed by atoms with Crippen LogP contribution in [0.3, 0.4) is 0 Å². The average molecular weight is 311 g/mol. The monoisotopic (exact) mass is 310 g/mol. The second-order valence-electron chi connectivity index (χ2n) is 7.56. The quantitative estimate of drug-likeness (QED) is 0.561. The summed E-state index contributed by atoms with van der Waals surface area (Å²) in [5.74, 6) is 3.05. The Labute approximate surface area is 138 Å². The molecule has 0 bridgehead atoms. The lowest BCUT2D eigenvalue weighted by atomic mass is 9.97. The van der Waals surface area contributed by atoms with Gasteiger partial charge in [-0.2, -0.15) is 0 Å². The summed E-state index contributed by atoms with van der Waals surface area (Å²) < 4.78 is 0. The molecule has 0 aromatic rings. The molecule has 0 amide bonds. The molecule has 2 N–H and O–H groups in total. The first-order valence-corrected chi connectivity index (χ1v) is 9.19. The molecule has 1 heterocycles. The van der Waals surface area contributed by atoms with Gasteiger partial charge in [-0.3, -0.25) is 4.99 Å². The molecule has 1 aliphatic heterocycles. The molecule has 0 radical (unpaired) electrons. The zero-order chi connectivity index (χ0) is 16.5. The predicted octanol–water partition coefficient (Wildman–Crippen LogP) is 2.95. The fraction of sp³-hybridized carbons (Fsp3) is 0.944. The van der Waals surface area contributed by atoms with Gasteiger partial charge in [-0.1, -0.05) is 27.7 Å². The molecule has 0 aromatic heterocycles. The van der Waals surface area contributed by atoms with Gasteiger partial charge >= 0.3 is 0 Å². The highest BCUT2D eigenvalue weighted by atomic mass is 15.2. The zero-order valence-corrected chi connectivity index (χ0v) is 15.7. The third-order valence-corrected chi connectivity index (χ3v) is 4.44. The molecular weight excluding hydrogens is 272 g/mol. The standard InChI is InChI=1S/C18H38N4/c1-7-19-18(21-16(6)15(4)5)20-11-17-9-8-10-22(13-17)12-14(2)3/h14-17H,7-13H2,1-6H3,(H2,19,20,21). The molecule has 2 atom stereocenters. The van der Waals surface area contributed by atoms with E-state index in [1.807, 2.05) is 0 Å². The van der Waals surface area contributed by atoms with Crippen LogP contribution in [0.4, 0.5) is 0 Å². The van der Waals surface area contributed by atoms with E-state index in [9.17, 15) is 0 Å². The molecule has 0 spiro atoms. The van der Waals surface area contributed by atoms with Crippen LogP contribution in [0.5, 0.6) is 0 Å². The van der Waals surface area contributed by atoms with E-state index < -0.39 is 0 Å². The maximum Gasteiger partial charge on any atom is 0.191 e. The first kappa shape index (κ1) is 19.3. The fourth-order valence-electron chi connectivity index (χ4n) is 2.91. The van der Waals surface area contributed by atoms with Crippen LogP contribution in [-0.2, 0) is 0 Å². The summed E-state index contributed by atoms with van der Waals surface area (Å²) in [5.41, 5.74) is 0. The van der Waals surface area contributed by atoms with Crippen molar-refractivity contribution in [2.24, 2.45) is 22.7 Å². The number of guanidine groups is 1. The summed E-state index contributed by atoms with van der Waals surface area (Å²) in [6.07, 6.45) is 2.64. The lowest BCUT2D eigenvalue weighted by Crippen LogP contribution is -2.45. The van der Waals surface area contributed by atoms with Crippen molar-refractivity contribution >= 4 is 5.96 Å². The number of nitrogens with one attached hydrogen (secondary N) is 2. The molecule has 0 saturated carbocycles. The molecule has 2 unspecified atom stereocenters. The first-order chi connectivity index (χ1) is 10.4. The van der Waals surface area contributed by atoms with Gasteiger partial charge < -0.3 is 15.5 Å². The number of hydrogen-bond donors (Lipinski definition) is 2. The van der Waals surface area contributed by atoms with Crippen LogP contribution in [0.1, 0.15) is 54.4 Å². The largest absolute Gasteiger partial charge is 0.357 e. The first-order valence-electron chi connectivity index (χ1n) is 9.19. The van der Waals surface area contributed by atoms with Crippen LogP contribution in [-0.4, -0.2) is 49.6 Å². The lowest BCUT2D eigenvalue weighted by Gasteiger charge is -2.33. The van der Waals surface area contributed by atoms with Crippen molar-refractivity contribution < 1.29 is 0 Å². The highest BCUT2D eigenvalue weighted by Crippen LogP contribution is 2.17. The molecule has 130 valence electrons. The van der Waals surface area contributed by atoms with Gasteiger partial charge in [0, 0.05) is 32.2 Å². The summed E-state index contributed by atoms with van der Waals surface area (Å²) in [4.78, 5) is 7.46. The van der Waals surface area contributed by atoms with Gasteiger partial charge in [0.05, 0.1) is 0 Å². The summed E-state index contributed by atoms with van der Waals surface area (Å²) in [6.45, 7) is 19.0. The Morgan fingerprint density at radius 2 is 1.95 bits per heavy atom. The molecule has 4 nitrogen and oxygen atoms in total. The minimum atomic E-state index is 0.446. The zero-order valence-electron chi connectivity index (χ0n) is 15.7. The number of likely N-dealkylation sites (tertiary alicyclic amines) is 1. The summed E-state index contributed by atoms with van der Waals surface area (Å²) in [6, 6.07) is 0.446. The third-order valence-electron chi connectivity index (χ3n) is 4.44. The van der Waals surface area contributed by atoms with E-state index in [1.165, 1.54) is 32.5 Å². The number of hydrogen-bond acceptors (Lipinski definition) is 2. The molecule has 1 aliphatic rings. The molecule has 0 aliphatic carbocycles. The van der Waals surface area contributed by atoms with E-state index in [0.29, 0.717) is 17.9 Å². The molecule has 0 aromatic carbocycles. The highest BCUT2D eigenvalue weighted by Gasteiger charge is 2.20. The third kappa shape index (κ3) is 7.48. The van der Waals surface area contributed by atoms with Crippen LogP contribution < -0.4 is 10.6 Å². The second-order valence-corrected chi connectivity index (χ2v) is 7.56. The maximum atomic E-state index is 4.84. The number of nitrogens with zero attached hydrogens (tertiary/aromatic N) is 2. The Hall–Kier alpha value is -0.770. The van der Waals surface area contributed by atoms with Crippen molar-refractivity contribution in [3.63, 3.8) is 0 Å². The van der Waals surface area contributed by atoms with Crippen molar-refractivity contribution in [2.45, 2.75) is 60.4 Å². The van der Waals surface area contributed by atoms with Crippen LogP contribution in [0.15, 0.2) is 4.99 Å². The minimum Gasteiger partial charge on any atom is -0.357 e. The van der Waals surface area contributed by atoms with E-state index in [-0.39, 0.29) is 0 Å². The predicted molar refractivity (Wildman–Crippen MR) is 97.4 cm³/mol. The summed E-state index contributed by atoms with van der Waals surface area (Å²) >= 11 is 0. The number of piperidine rings is 1. The van der Waals surface area contributed by atoms with Crippen LogP contribution in [0.25, 0.3) is 0 Å². The Morgan fingerprint density at radius 1 is 1.23 bits per heavy atom. The average Bonchev–Trinajstić information content (AvgIpc) is 2.44. The molecule has 4 heteroatoms. The molecule has 1 rings (SSSR count). The lowest BCUT2D eigenvalue weighted by molar-refractivity contribution is 0.162. The van der Waals surface area contributed by atoms with Gasteiger partial charge in [0.1, 0.15) is 0 Å². The maximum absolute atomic E-state index is 4.84. The van der Waals surface area contributed by atoms with Crippen molar-refractivity contribution in [3.05, 3.63) is 0 Å². The SMILES string of the molecule is CCNC(=NCC1CCCN(CC(C)C)C1)NC(C)C(C)C. The van der Waals surface area contributed by atoms with Gasteiger partial charge in [0.2, 0.25) is 0 Å². The Bertz CT molecular complexity index is 325. The highest BCUT2D eigenvalue weighted by molar-refractivity contribution is 5.80. The van der Waals surface area contributed by atoms with Gasteiger partial charge in [0.15, 0.2) is 5.96 Å². The van der Waals surface area contributed by atoms with E-state index >= 15 is 0 Å². The Kier molecular flexibility index (Phi) is 8.84. The fourth-order valence-corrected chi connectivity index (χ4v) is 2.91. The van der Waals surface area contributed by atoms with Crippen molar-refractivity contribution in [2.75, 3.05) is 32.7 Å². The minimum absolute atomic E-state index is 0.446. The van der Waals surface area contributed by atoms with Gasteiger partial charge in [-0.25, -0.2) is 0 Å². The molecule has 22 heavy (non-hydrogen) atoms. The summed E-state index contributed by atoms with van der Waals surface area (Å²) in [7, 11) is 0. The van der Waals surface area contributed by atoms with E-state index in [1.54, 1.807) is 0 Å². The Morgan fingerprint density at radius 3 is 2.55 bits per heavy atom. The van der Waals surface area contributed by atoms with Crippen molar-refractivity contribution in [3.8, 4) is 0 Å².